The molecule has 0 saturated heterocycles. The van der Waals surface area contributed by atoms with Crippen LogP contribution in [0.15, 0.2) is 0 Å². The summed E-state index contributed by atoms with van der Waals surface area (Å²) in [5, 5.41) is 24.7. The maximum Gasteiger partial charge on any atom is 0.404 e. The topological polar surface area (TPSA) is 133 Å². The van der Waals surface area contributed by atoms with Crippen LogP contribution in [0.1, 0.15) is 6.42 Å². The smallest absolute Gasteiger partial charge is 0.404 e. The van der Waals surface area contributed by atoms with Gasteiger partial charge in [-0.25, -0.2) is 10.6 Å². The summed E-state index contributed by atoms with van der Waals surface area (Å²) >= 11 is 0. The number of hydrogen-bond donors (Lipinski definition) is 4. The predicted molar refractivity (Wildman–Crippen MR) is 46.4 cm³/mol. The van der Waals surface area contributed by atoms with Crippen LogP contribution in [-0.2, 0) is 0 Å². The fourth-order valence-electron chi connectivity index (χ4n) is 0.823. The van der Waals surface area contributed by atoms with Crippen LogP contribution in [-0.4, -0.2) is 44.9 Å². The van der Waals surface area contributed by atoms with Crippen molar-refractivity contribution in [2.24, 2.45) is 5.84 Å². The van der Waals surface area contributed by atoms with Crippen LogP contribution in [0.4, 0.5) is 10.7 Å². The average molecular weight is 201 g/mol. The summed E-state index contributed by atoms with van der Waals surface area (Å²) in [4.78, 5) is 10.1. The molecule has 0 atom stereocenters. The molecule has 1 heterocycles. The summed E-state index contributed by atoms with van der Waals surface area (Å²) < 4.78 is 0. The maximum absolute atomic E-state index is 10.1. The number of H-pyrrole nitrogens is 1. The van der Waals surface area contributed by atoms with Gasteiger partial charge in [-0.3, -0.25) is 5.01 Å². The number of nitrogens with one attached hydrogen (secondary N) is 2. The van der Waals surface area contributed by atoms with E-state index in [0.717, 1.165) is 0 Å². The molecule has 9 nitrogen and oxygen atoms in total. The van der Waals surface area contributed by atoms with Crippen molar-refractivity contribution in [3.8, 4) is 0 Å². The summed E-state index contributed by atoms with van der Waals surface area (Å²) in [6.07, 6.45) is -0.481. The van der Waals surface area contributed by atoms with Gasteiger partial charge in [-0.15, -0.1) is 5.10 Å². The lowest BCUT2D eigenvalue weighted by Crippen LogP contribution is -2.35. The Balaban J connectivity index is 2.16. The van der Waals surface area contributed by atoms with Gasteiger partial charge in [-0.1, -0.05) is 5.10 Å². The summed E-state index contributed by atoms with van der Waals surface area (Å²) in [5.41, 5.74) is 0. The third kappa shape index (κ3) is 3.23. The van der Waals surface area contributed by atoms with Crippen molar-refractivity contribution in [3.05, 3.63) is 0 Å². The lowest BCUT2D eigenvalue weighted by atomic mass is 10.4. The summed E-state index contributed by atoms with van der Waals surface area (Å²) in [6, 6.07) is 0. The van der Waals surface area contributed by atoms with Gasteiger partial charge < -0.3 is 10.4 Å². The van der Waals surface area contributed by atoms with Crippen LogP contribution in [0.2, 0.25) is 0 Å². The zero-order chi connectivity index (χ0) is 10.4. The summed E-state index contributed by atoms with van der Waals surface area (Å²) in [7, 11) is 0. The molecule has 0 unspecified atom stereocenters. The van der Waals surface area contributed by atoms with Crippen molar-refractivity contribution in [1.82, 2.24) is 25.9 Å². The van der Waals surface area contributed by atoms with E-state index in [-0.39, 0.29) is 5.95 Å². The molecular weight excluding hydrogens is 190 g/mol. The zero-order valence-electron chi connectivity index (χ0n) is 7.34. The number of aromatic nitrogens is 4. The number of nitrogens with two attached hydrogens (primary N) is 1. The Kier molecular flexibility index (Phi) is 3.61. The van der Waals surface area contributed by atoms with Crippen molar-refractivity contribution in [2.45, 2.75) is 6.42 Å². The lowest BCUT2D eigenvalue weighted by molar-refractivity contribution is 0.194. The fourth-order valence-corrected chi connectivity index (χ4v) is 0.823. The van der Waals surface area contributed by atoms with Gasteiger partial charge in [0, 0.05) is 13.1 Å². The van der Waals surface area contributed by atoms with Crippen LogP contribution in [0.25, 0.3) is 0 Å². The number of rotatable bonds is 5. The van der Waals surface area contributed by atoms with Crippen molar-refractivity contribution in [2.75, 3.05) is 18.1 Å². The molecule has 0 aliphatic rings. The van der Waals surface area contributed by atoms with E-state index in [0.29, 0.717) is 19.5 Å². The van der Waals surface area contributed by atoms with Crippen molar-refractivity contribution < 1.29 is 9.90 Å². The SMILES string of the molecule is NN(CCCNC(=O)O)c1nn[nH]n1. The van der Waals surface area contributed by atoms with Gasteiger partial charge in [0.15, 0.2) is 0 Å². The quantitative estimate of drug-likeness (QED) is 0.260. The lowest BCUT2D eigenvalue weighted by Gasteiger charge is -2.12. The molecule has 1 aromatic rings. The standard InChI is InChI=1S/C5H11N7O2/c6-12(4-8-10-11-9-4)3-1-2-7-5(13)14/h7H,1-3,6H2,(H,13,14)(H,8,9,10,11). The van der Waals surface area contributed by atoms with Gasteiger partial charge in [-0.2, -0.15) is 5.21 Å². The molecule has 0 radical (unpaired) electrons. The Morgan fingerprint density at radius 2 is 2.50 bits per heavy atom. The van der Waals surface area contributed by atoms with Gasteiger partial charge in [0.05, 0.1) is 0 Å². The van der Waals surface area contributed by atoms with Gasteiger partial charge in [0.1, 0.15) is 0 Å². The Hall–Kier alpha value is -1.90. The third-order valence-electron chi connectivity index (χ3n) is 1.44. The second-order valence-corrected chi connectivity index (χ2v) is 2.49. The molecule has 1 aromatic heterocycles. The summed E-state index contributed by atoms with van der Waals surface area (Å²) in [6.45, 7) is 0.778. The Morgan fingerprint density at radius 1 is 1.71 bits per heavy atom. The number of hydrogen-bond acceptors (Lipinski definition) is 6. The molecular formula is C5H11N7O2. The Labute approximate surface area is 79.2 Å². The number of carboxylic acid groups (broad SMARTS) is 1. The molecule has 14 heavy (non-hydrogen) atoms. The molecule has 9 heteroatoms. The monoisotopic (exact) mass is 201 g/mol. The van der Waals surface area contributed by atoms with E-state index in [1.807, 2.05) is 0 Å². The van der Waals surface area contributed by atoms with Gasteiger partial charge in [0.2, 0.25) is 0 Å². The Morgan fingerprint density at radius 3 is 3.07 bits per heavy atom. The predicted octanol–water partition coefficient (Wildman–Crippen LogP) is -1.46. The van der Waals surface area contributed by atoms with Crippen LogP contribution < -0.4 is 16.2 Å². The second kappa shape index (κ2) is 4.97. The molecule has 1 amide bonds. The van der Waals surface area contributed by atoms with E-state index in [2.05, 4.69) is 25.9 Å². The maximum atomic E-state index is 10.1. The minimum atomic E-state index is -1.05. The minimum Gasteiger partial charge on any atom is -0.465 e. The van der Waals surface area contributed by atoms with Gasteiger partial charge in [-0.05, 0) is 11.6 Å². The van der Waals surface area contributed by atoms with E-state index in [4.69, 9.17) is 10.9 Å². The highest BCUT2D eigenvalue weighted by Crippen LogP contribution is 1.96. The molecule has 1 rings (SSSR count). The van der Waals surface area contributed by atoms with E-state index in [9.17, 15) is 4.79 Å². The third-order valence-corrected chi connectivity index (χ3v) is 1.44. The molecule has 0 spiro atoms. The number of aromatic amines is 1. The van der Waals surface area contributed by atoms with Crippen molar-refractivity contribution in [3.63, 3.8) is 0 Å². The summed E-state index contributed by atoms with van der Waals surface area (Å²) in [5.74, 6) is 5.81. The highest BCUT2D eigenvalue weighted by molar-refractivity contribution is 5.64. The fraction of sp³-hybridized carbons (Fsp3) is 0.600. The molecule has 78 valence electrons. The largest absolute Gasteiger partial charge is 0.465 e. The van der Waals surface area contributed by atoms with Crippen LogP contribution >= 0.6 is 0 Å². The van der Waals surface area contributed by atoms with Crippen molar-refractivity contribution in [1.29, 1.82) is 0 Å². The number of amides is 1. The molecule has 0 saturated carbocycles. The normalized spacial score (nSPS) is 9.79. The minimum absolute atomic E-state index is 0.278. The molecule has 0 bridgehead atoms. The number of hydrazine groups is 1. The van der Waals surface area contributed by atoms with Gasteiger partial charge in [0.25, 0.3) is 5.95 Å². The van der Waals surface area contributed by atoms with Crippen LogP contribution in [0.5, 0.6) is 0 Å². The van der Waals surface area contributed by atoms with Crippen molar-refractivity contribution >= 4 is 12.0 Å². The highest BCUT2D eigenvalue weighted by atomic mass is 16.4. The number of anilines is 1. The van der Waals surface area contributed by atoms with E-state index >= 15 is 0 Å². The first-order valence-electron chi connectivity index (χ1n) is 3.92. The first-order chi connectivity index (χ1) is 6.70. The average Bonchev–Trinajstić information content (AvgIpc) is 2.64. The van der Waals surface area contributed by atoms with E-state index in [1.54, 1.807) is 0 Å². The Bertz CT molecular complexity index is 274. The molecule has 0 aromatic carbocycles. The highest BCUT2D eigenvalue weighted by Gasteiger charge is 2.05. The first-order valence-corrected chi connectivity index (χ1v) is 3.92. The molecule has 5 N–H and O–H groups in total. The van der Waals surface area contributed by atoms with Gasteiger partial charge >= 0.3 is 6.09 Å². The first kappa shape index (κ1) is 10.2. The second-order valence-electron chi connectivity index (χ2n) is 2.49. The number of tetrazole rings is 1. The molecule has 0 aliphatic carbocycles. The van der Waals surface area contributed by atoms with E-state index < -0.39 is 6.09 Å². The number of carbonyl (C=O) groups is 1. The number of nitrogens with zero attached hydrogens (tertiary/aromatic N) is 4. The van der Waals surface area contributed by atoms with E-state index in [1.165, 1.54) is 5.01 Å². The van der Waals surface area contributed by atoms with Crippen LogP contribution in [0.3, 0.4) is 0 Å². The molecule has 0 fully saturated rings. The molecule has 0 aliphatic heterocycles. The zero-order valence-corrected chi connectivity index (χ0v) is 7.34. The van der Waals surface area contributed by atoms with Crippen LogP contribution in [0, 0.1) is 0 Å².